The summed E-state index contributed by atoms with van der Waals surface area (Å²) in [7, 11) is 1.44. The van der Waals surface area contributed by atoms with Crippen molar-refractivity contribution in [3.63, 3.8) is 0 Å². The summed E-state index contributed by atoms with van der Waals surface area (Å²) in [5.74, 6) is 0.604. The third-order valence-corrected chi connectivity index (χ3v) is 2.87. The number of rotatable bonds is 5. The van der Waals surface area contributed by atoms with Crippen molar-refractivity contribution in [3.05, 3.63) is 0 Å². The van der Waals surface area contributed by atoms with Gasteiger partial charge in [0.05, 0.1) is 13.7 Å². The summed E-state index contributed by atoms with van der Waals surface area (Å²) in [4.78, 5) is 11.7. The van der Waals surface area contributed by atoms with Crippen LogP contribution in [0.15, 0.2) is 0 Å². The average molecular weight is 229 g/mol. The topological polar surface area (TPSA) is 47.6 Å². The zero-order valence-electron chi connectivity index (χ0n) is 10.5. The van der Waals surface area contributed by atoms with Crippen LogP contribution in [-0.2, 0) is 14.3 Å². The van der Waals surface area contributed by atoms with Gasteiger partial charge in [-0.25, -0.2) is 0 Å². The molecule has 0 amide bonds. The summed E-state index contributed by atoms with van der Waals surface area (Å²) in [6, 6.07) is -0.215. The number of hydrogen-bond acceptors (Lipinski definition) is 4. The quantitative estimate of drug-likeness (QED) is 0.720. The normalized spacial score (nSPS) is 23.1. The second-order valence-corrected chi connectivity index (χ2v) is 4.78. The molecule has 1 rings (SSSR count). The second kappa shape index (κ2) is 6.86. The van der Waals surface area contributed by atoms with Crippen molar-refractivity contribution in [1.29, 1.82) is 0 Å². The number of methoxy groups -OCH3 is 1. The van der Waals surface area contributed by atoms with E-state index in [4.69, 9.17) is 9.47 Å². The molecular formula is C12H23NO3. The van der Waals surface area contributed by atoms with E-state index >= 15 is 0 Å². The van der Waals surface area contributed by atoms with Crippen LogP contribution < -0.4 is 5.32 Å². The van der Waals surface area contributed by atoms with Gasteiger partial charge in [0, 0.05) is 12.5 Å². The fraction of sp³-hybridized carbons (Fsp3) is 0.917. The van der Waals surface area contributed by atoms with Gasteiger partial charge < -0.3 is 14.8 Å². The maximum atomic E-state index is 11.7. The molecule has 0 aromatic heterocycles. The number of nitrogens with one attached hydrogen (secondary N) is 1. The van der Waals surface area contributed by atoms with Crippen LogP contribution in [0.5, 0.6) is 0 Å². The Bertz CT molecular complexity index is 212. The van der Waals surface area contributed by atoms with Crippen molar-refractivity contribution in [3.8, 4) is 0 Å². The smallest absolute Gasteiger partial charge is 0.323 e. The molecule has 0 spiro atoms. The number of ether oxygens (including phenoxy) is 2. The molecule has 1 aliphatic rings. The highest BCUT2D eigenvalue weighted by Crippen LogP contribution is 2.18. The maximum absolute atomic E-state index is 11.7. The molecule has 94 valence electrons. The minimum Gasteiger partial charge on any atom is -0.468 e. The molecule has 0 aliphatic carbocycles. The Morgan fingerprint density at radius 2 is 2.31 bits per heavy atom. The minimum atomic E-state index is -0.215. The fourth-order valence-electron chi connectivity index (χ4n) is 1.96. The van der Waals surface area contributed by atoms with Gasteiger partial charge in [0.2, 0.25) is 0 Å². The number of hydrogen-bond donors (Lipinski definition) is 1. The zero-order chi connectivity index (χ0) is 12.0. The van der Waals surface area contributed by atoms with Crippen molar-refractivity contribution in [2.75, 3.05) is 26.9 Å². The van der Waals surface area contributed by atoms with E-state index in [1.807, 2.05) is 0 Å². The van der Waals surface area contributed by atoms with Crippen LogP contribution >= 0.6 is 0 Å². The number of esters is 1. The SMILES string of the molecule is COC(=O)C(NCC(C)C)C1CCCOC1. The number of carbonyl (C=O) groups is 1. The molecule has 0 saturated carbocycles. The van der Waals surface area contributed by atoms with Gasteiger partial charge in [0.25, 0.3) is 0 Å². The highest BCUT2D eigenvalue weighted by molar-refractivity contribution is 5.76. The molecule has 1 fully saturated rings. The monoisotopic (exact) mass is 229 g/mol. The minimum absolute atomic E-state index is 0.170. The highest BCUT2D eigenvalue weighted by atomic mass is 16.5. The van der Waals surface area contributed by atoms with Crippen molar-refractivity contribution in [2.24, 2.45) is 11.8 Å². The van der Waals surface area contributed by atoms with E-state index in [0.29, 0.717) is 12.5 Å². The molecular weight excluding hydrogens is 206 g/mol. The van der Waals surface area contributed by atoms with E-state index in [-0.39, 0.29) is 17.9 Å². The van der Waals surface area contributed by atoms with Gasteiger partial charge in [-0.15, -0.1) is 0 Å². The number of carbonyl (C=O) groups excluding carboxylic acids is 1. The van der Waals surface area contributed by atoms with Gasteiger partial charge in [0.15, 0.2) is 0 Å². The Morgan fingerprint density at radius 3 is 2.81 bits per heavy atom. The van der Waals surface area contributed by atoms with Gasteiger partial charge in [-0.3, -0.25) is 4.79 Å². The highest BCUT2D eigenvalue weighted by Gasteiger charge is 2.30. The molecule has 1 N–H and O–H groups in total. The third kappa shape index (κ3) is 4.10. The molecule has 0 aromatic rings. The van der Waals surface area contributed by atoms with Crippen molar-refractivity contribution in [1.82, 2.24) is 5.32 Å². The Balaban J connectivity index is 2.51. The summed E-state index contributed by atoms with van der Waals surface area (Å²) < 4.78 is 10.3. The average Bonchev–Trinajstić information content (AvgIpc) is 2.30. The van der Waals surface area contributed by atoms with Crippen LogP contribution in [0.4, 0.5) is 0 Å². The first-order valence-corrected chi connectivity index (χ1v) is 6.04. The van der Waals surface area contributed by atoms with Gasteiger partial charge in [0.1, 0.15) is 6.04 Å². The summed E-state index contributed by atoms with van der Waals surface area (Å²) in [5.41, 5.74) is 0. The Kier molecular flexibility index (Phi) is 5.77. The second-order valence-electron chi connectivity index (χ2n) is 4.78. The molecule has 4 nitrogen and oxygen atoms in total. The van der Waals surface area contributed by atoms with Crippen LogP contribution in [0.3, 0.4) is 0 Å². The van der Waals surface area contributed by atoms with E-state index in [1.165, 1.54) is 7.11 Å². The lowest BCUT2D eigenvalue weighted by Gasteiger charge is -2.29. The molecule has 16 heavy (non-hydrogen) atoms. The standard InChI is InChI=1S/C12H23NO3/c1-9(2)7-13-11(12(14)15-3)10-5-4-6-16-8-10/h9-11,13H,4-8H2,1-3H3. The van der Waals surface area contributed by atoms with Crippen LogP contribution in [0, 0.1) is 11.8 Å². The van der Waals surface area contributed by atoms with Crippen LogP contribution in [0.1, 0.15) is 26.7 Å². The summed E-state index contributed by atoms with van der Waals surface area (Å²) in [6.07, 6.45) is 2.06. The van der Waals surface area contributed by atoms with Crippen molar-refractivity contribution < 1.29 is 14.3 Å². The van der Waals surface area contributed by atoms with E-state index in [0.717, 1.165) is 26.0 Å². The molecule has 4 heteroatoms. The van der Waals surface area contributed by atoms with Gasteiger partial charge in [-0.05, 0) is 25.3 Å². The van der Waals surface area contributed by atoms with Crippen LogP contribution in [0.2, 0.25) is 0 Å². The lowest BCUT2D eigenvalue weighted by atomic mass is 9.93. The molecule has 0 radical (unpaired) electrons. The summed E-state index contributed by atoms with van der Waals surface area (Å²) in [6.45, 7) is 6.55. The van der Waals surface area contributed by atoms with Crippen molar-refractivity contribution in [2.45, 2.75) is 32.7 Å². The van der Waals surface area contributed by atoms with Gasteiger partial charge in [-0.2, -0.15) is 0 Å². The van der Waals surface area contributed by atoms with E-state index < -0.39 is 0 Å². The lowest BCUT2D eigenvalue weighted by Crippen LogP contribution is -2.47. The molecule has 1 heterocycles. The van der Waals surface area contributed by atoms with Crippen LogP contribution in [0.25, 0.3) is 0 Å². The van der Waals surface area contributed by atoms with Crippen molar-refractivity contribution >= 4 is 5.97 Å². The predicted octanol–water partition coefficient (Wildman–Crippen LogP) is 1.20. The first kappa shape index (κ1) is 13.5. The first-order chi connectivity index (χ1) is 7.65. The Labute approximate surface area is 97.7 Å². The molecule has 0 bridgehead atoms. The van der Waals surface area contributed by atoms with Gasteiger partial charge in [-0.1, -0.05) is 13.8 Å². The largest absolute Gasteiger partial charge is 0.468 e. The summed E-state index contributed by atoms with van der Waals surface area (Å²) >= 11 is 0. The van der Waals surface area contributed by atoms with E-state index in [2.05, 4.69) is 19.2 Å². The van der Waals surface area contributed by atoms with E-state index in [9.17, 15) is 4.79 Å². The third-order valence-electron chi connectivity index (χ3n) is 2.87. The predicted molar refractivity (Wildman–Crippen MR) is 62.2 cm³/mol. The molecule has 0 aromatic carbocycles. The Morgan fingerprint density at radius 1 is 1.56 bits per heavy atom. The Hall–Kier alpha value is -0.610. The molecule has 1 aliphatic heterocycles. The summed E-state index contributed by atoms with van der Waals surface area (Å²) in [5, 5.41) is 3.29. The van der Waals surface area contributed by atoms with E-state index in [1.54, 1.807) is 0 Å². The fourth-order valence-corrected chi connectivity index (χ4v) is 1.96. The zero-order valence-corrected chi connectivity index (χ0v) is 10.5. The van der Waals surface area contributed by atoms with Crippen LogP contribution in [-0.4, -0.2) is 38.9 Å². The molecule has 2 atom stereocenters. The maximum Gasteiger partial charge on any atom is 0.323 e. The lowest BCUT2D eigenvalue weighted by molar-refractivity contribution is -0.146. The molecule has 1 saturated heterocycles. The molecule has 2 unspecified atom stereocenters. The van der Waals surface area contributed by atoms with Gasteiger partial charge >= 0.3 is 5.97 Å². The first-order valence-electron chi connectivity index (χ1n) is 6.04.